The van der Waals surface area contributed by atoms with E-state index < -0.39 is 0 Å². The van der Waals surface area contributed by atoms with Crippen molar-refractivity contribution < 1.29 is 0 Å². The first-order valence-electron chi connectivity index (χ1n) is 2.69. The van der Waals surface area contributed by atoms with Gasteiger partial charge in [-0.15, -0.1) is 11.8 Å². The van der Waals surface area contributed by atoms with Crippen LogP contribution in [0, 0.1) is 0 Å². The van der Waals surface area contributed by atoms with Crippen LogP contribution in [-0.4, -0.2) is 11.5 Å². The molecule has 1 aromatic heterocycles. The molecule has 0 atom stereocenters. The van der Waals surface area contributed by atoms with E-state index >= 15 is 0 Å². The Bertz CT molecular complexity index is 145. The van der Waals surface area contributed by atoms with E-state index in [-0.39, 0.29) is 0 Å². The Morgan fingerprint density at radius 2 is 2.56 bits per heavy atom. The van der Waals surface area contributed by atoms with Gasteiger partial charge in [0.1, 0.15) is 0 Å². The first-order valence-corrected chi connectivity index (χ1v) is 5.25. The van der Waals surface area contributed by atoms with Crippen molar-refractivity contribution in [1.29, 1.82) is 0 Å². The molecule has 0 unspecified atom stereocenters. The molecule has 0 aliphatic rings. The molecule has 50 valence electrons. The normalized spacial score (nSPS) is 9.89. The van der Waals surface area contributed by atoms with Gasteiger partial charge >= 0.3 is 0 Å². The molecule has 0 N–H and O–H groups in total. The molecule has 0 spiro atoms. The second kappa shape index (κ2) is 4.25. The lowest BCUT2D eigenvalue weighted by Gasteiger charge is -1.90. The molecule has 0 aliphatic carbocycles. The summed E-state index contributed by atoms with van der Waals surface area (Å²) in [5.41, 5.74) is 0. The summed E-state index contributed by atoms with van der Waals surface area (Å²) < 4.78 is 0. The molecule has 0 radical (unpaired) electrons. The predicted octanol–water partition coefficient (Wildman–Crippen LogP) is 2.77. The lowest BCUT2D eigenvalue weighted by Crippen LogP contribution is -1.75. The topological polar surface area (TPSA) is 0 Å². The SMILES string of the molecule is SCCSc1ccsc1. The standard InChI is InChI=1S/C6H8S3/c7-2-4-9-6-1-3-8-5-6/h1,3,5,7H,2,4H2. The Hall–Kier alpha value is 0.400. The first-order chi connectivity index (χ1) is 4.43. The van der Waals surface area contributed by atoms with Crippen LogP contribution in [0.2, 0.25) is 0 Å². The molecule has 0 aliphatic heterocycles. The summed E-state index contributed by atoms with van der Waals surface area (Å²) >= 11 is 7.72. The van der Waals surface area contributed by atoms with Gasteiger partial charge in [0.05, 0.1) is 0 Å². The summed E-state index contributed by atoms with van der Waals surface area (Å²) in [5.74, 6) is 2.07. The van der Waals surface area contributed by atoms with Crippen molar-refractivity contribution in [3.63, 3.8) is 0 Å². The predicted molar refractivity (Wildman–Crippen MR) is 48.9 cm³/mol. The minimum atomic E-state index is 0.959. The molecule has 3 heteroatoms. The third-order valence-electron chi connectivity index (χ3n) is 0.855. The number of thioether (sulfide) groups is 1. The van der Waals surface area contributed by atoms with Crippen LogP contribution in [0.4, 0.5) is 0 Å². The summed E-state index contributed by atoms with van der Waals surface area (Å²) in [4.78, 5) is 1.37. The fourth-order valence-electron chi connectivity index (χ4n) is 0.498. The minimum Gasteiger partial charge on any atom is -0.178 e. The maximum atomic E-state index is 4.11. The van der Waals surface area contributed by atoms with Crippen LogP contribution in [0.25, 0.3) is 0 Å². The summed E-state index contributed by atoms with van der Waals surface area (Å²) in [6.07, 6.45) is 0. The highest BCUT2D eigenvalue weighted by Crippen LogP contribution is 2.20. The molecule has 1 rings (SSSR count). The summed E-state index contributed by atoms with van der Waals surface area (Å²) in [5, 5.41) is 4.26. The zero-order valence-electron chi connectivity index (χ0n) is 4.91. The molecule has 0 saturated carbocycles. The van der Waals surface area contributed by atoms with Crippen molar-refractivity contribution >= 4 is 35.7 Å². The average molecular weight is 176 g/mol. The highest BCUT2D eigenvalue weighted by Gasteiger charge is 1.89. The van der Waals surface area contributed by atoms with Crippen molar-refractivity contribution in [2.45, 2.75) is 4.90 Å². The molecule has 0 fully saturated rings. The van der Waals surface area contributed by atoms with Gasteiger partial charge < -0.3 is 0 Å². The van der Waals surface area contributed by atoms with Crippen molar-refractivity contribution in [3.05, 3.63) is 16.8 Å². The molecule has 1 heterocycles. The quantitative estimate of drug-likeness (QED) is 0.546. The third kappa shape index (κ3) is 2.65. The average Bonchev–Trinajstić information content (AvgIpc) is 2.34. The van der Waals surface area contributed by atoms with E-state index in [1.165, 1.54) is 4.90 Å². The fraction of sp³-hybridized carbons (Fsp3) is 0.333. The molecule has 0 nitrogen and oxygen atoms in total. The lowest BCUT2D eigenvalue weighted by molar-refractivity contribution is 1.51. The van der Waals surface area contributed by atoms with Gasteiger partial charge in [0.25, 0.3) is 0 Å². The maximum absolute atomic E-state index is 4.11. The summed E-state index contributed by atoms with van der Waals surface area (Å²) in [6, 6.07) is 2.14. The van der Waals surface area contributed by atoms with E-state index in [1.54, 1.807) is 11.3 Å². The van der Waals surface area contributed by atoms with Gasteiger partial charge in [0.2, 0.25) is 0 Å². The second-order valence-electron chi connectivity index (χ2n) is 1.53. The molecular formula is C6H8S3. The molecule has 0 saturated heterocycles. The molecule has 1 aromatic rings. The molecule has 0 bridgehead atoms. The zero-order valence-corrected chi connectivity index (χ0v) is 7.44. The van der Waals surface area contributed by atoms with Crippen LogP contribution in [0.15, 0.2) is 21.7 Å². The number of hydrogen-bond acceptors (Lipinski definition) is 3. The Morgan fingerprint density at radius 1 is 1.67 bits per heavy atom. The summed E-state index contributed by atoms with van der Waals surface area (Å²) in [6.45, 7) is 0. The molecule has 0 aromatic carbocycles. The van der Waals surface area contributed by atoms with Gasteiger partial charge in [-0.1, -0.05) is 0 Å². The number of rotatable bonds is 3. The molecule has 9 heavy (non-hydrogen) atoms. The van der Waals surface area contributed by atoms with E-state index in [2.05, 4.69) is 29.5 Å². The van der Waals surface area contributed by atoms with Crippen molar-refractivity contribution in [2.24, 2.45) is 0 Å². The molecule has 0 amide bonds. The smallest absolute Gasteiger partial charge is 0.0179 e. The van der Waals surface area contributed by atoms with Crippen LogP contribution in [0.1, 0.15) is 0 Å². The van der Waals surface area contributed by atoms with E-state index in [0.29, 0.717) is 0 Å². The zero-order chi connectivity index (χ0) is 6.53. The van der Waals surface area contributed by atoms with Crippen molar-refractivity contribution in [2.75, 3.05) is 11.5 Å². The molecular weight excluding hydrogens is 168 g/mol. The highest BCUT2D eigenvalue weighted by molar-refractivity contribution is 8.00. The van der Waals surface area contributed by atoms with Gasteiger partial charge in [-0.25, -0.2) is 0 Å². The maximum Gasteiger partial charge on any atom is 0.0179 e. The third-order valence-corrected chi connectivity index (χ3v) is 3.21. The van der Waals surface area contributed by atoms with E-state index in [0.717, 1.165) is 11.5 Å². The van der Waals surface area contributed by atoms with E-state index in [9.17, 15) is 0 Å². The Labute approximate surface area is 69.1 Å². The largest absolute Gasteiger partial charge is 0.178 e. The van der Waals surface area contributed by atoms with Crippen LogP contribution < -0.4 is 0 Å². The van der Waals surface area contributed by atoms with Crippen LogP contribution >= 0.6 is 35.7 Å². The van der Waals surface area contributed by atoms with Crippen molar-refractivity contribution in [1.82, 2.24) is 0 Å². The van der Waals surface area contributed by atoms with Crippen molar-refractivity contribution in [3.8, 4) is 0 Å². The summed E-state index contributed by atoms with van der Waals surface area (Å²) in [7, 11) is 0. The monoisotopic (exact) mass is 176 g/mol. The Kier molecular flexibility index (Phi) is 3.55. The number of thiol groups is 1. The first kappa shape index (κ1) is 7.51. The van der Waals surface area contributed by atoms with Gasteiger partial charge in [0.15, 0.2) is 0 Å². The van der Waals surface area contributed by atoms with Crippen LogP contribution in [-0.2, 0) is 0 Å². The lowest BCUT2D eigenvalue weighted by atomic mass is 10.7. The fourth-order valence-corrected chi connectivity index (χ4v) is 2.30. The Morgan fingerprint density at radius 3 is 3.11 bits per heavy atom. The van der Waals surface area contributed by atoms with Crippen LogP contribution in [0.5, 0.6) is 0 Å². The van der Waals surface area contributed by atoms with Gasteiger partial charge in [0, 0.05) is 16.0 Å². The van der Waals surface area contributed by atoms with Gasteiger partial charge in [-0.2, -0.15) is 24.0 Å². The van der Waals surface area contributed by atoms with E-state index in [1.807, 2.05) is 11.8 Å². The second-order valence-corrected chi connectivity index (χ2v) is 3.93. The van der Waals surface area contributed by atoms with Gasteiger partial charge in [-0.05, 0) is 17.2 Å². The number of hydrogen-bond donors (Lipinski definition) is 1. The van der Waals surface area contributed by atoms with Gasteiger partial charge in [-0.3, -0.25) is 0 Å². The van der Waals surface area contributed by atoms with Crippen LogP contribution in [0.3, 0.4) is 0 Å². The number of thiophene rings is 1. The Balaban J connectivity index is 2.30. The van der Waals surface area contributed by atoms with E-state index in [4.69, 9.17) is 0 Å². The highest BCUT2D eigenvalue weighted by atomic mass is 32.2. The minimum absolute atomic E-state index is 0.959.